The Morgan fingerprint density at radius 1 is 0.750 bits per heavy atom. The standard InChI is InChI=1S/C12H8F2Ge.C4H11N/c13-9-1-5-11(6-2-9)15-12-7-3-10(14)4-8-12;1-3-5-4-2/h1-8H;5H,3-4H2,1-2H3. The van der Waals surface area contributed by atoms with Crippen molar-refractivity contribution in [2.45, 2.75) is 13.8 Å². The van der Waals surface area contributed by atoms with Gasteiger partial charge in [0.15, 0.2) is 0 Å². The molecule has 106 valence electrons. The van der Waals surface area contributed by atoms with E-state index < -0.39 is 15.4 Å². The number of hydrogen-bond donors (Lipinski definition) is 1. The van der Waals surface area contributed by atoms with Gasteiger partial charge in [-0.25, -0.2) is 0 Å². The molecule has 4 heteroatoms. The topological polar surface area (TPSA) is 12.0 Å². The normalized spacial score (nSPS) is 9.80. The van der Waals surface area contributed by atoms with Gasteiger partial charge in [-0.1, -0.05) is 13.8 Å². The van der Waals surface area contributed by atoms with Gasteiger partial charge < -0.3 is 5.32 Å². The van der Waals surface area contributed by atoms with Crippen LogP contribution >= 0.6 is 0 Å². The minimum atomic E-state index is -0.470. The zero-order valence-electron chi connectivity index (χ0n) is 11.8. The molecule has 2 rings (SSSR count). The number of halogens is 2. The van der Waals surface area contributed by atoms with Gasteiger partial charge in [0.2, 0.25) is 0 Å². The molecule has 0 atom stereocenters. The first-order valence-electron chi connectivity index (χ1n) is 6.64. The van der Waals surface area contributed by atoms with Crippen molar-refractivity contribution in [2.24, 2.45) is 0 Å². The van der Waals surface area contributed by atoms with E-state index in [2.05, 4.69) is 19.2 Å². The SMILES string of the molecule is CCNCC.Fc1cc[c]([Ge][c]2ccc(F)cc2)cc1. The molecular formula is C16H19F2GeN. The monoisotopic (exact) mass is 337 g/mol. The van der Waals surface area contributed by atoms with Crippen molar-refractivity contribution in [2.75, 3.05) is 13.1 Å². The van der Waals surface area contributed by atoms with Gasteiger partial charge in [0.1, 0.15) is 0 Å². The molecule has 0 heterocycles. The van der Waals surface area contributed by atoms with E-state index in [4.69, 9.17) is 0 Å². The molecule has 0 aliphatic rings. The third-order valence-corrected chi connectivity index (χ3v) is 5.09. The Balaban J connectivity index is 0.000000347. The van der Waals surface area contributed by atoms with Crippen molar-refractivity contribution in [1.29, 1.82) is 0 Å². The van der Waals surface area contributed by atoms with Crippen LogP contribution < -0.4 is 14.1 Å². The van der Waals surface area contributed by atoms with Gasteiger partial charge in [-0.2, -0.15) is 0 Å². The van der Waals surface area contributed by atoms with Crippen molar-refractivity contribution in [3.63, 3.8) is 0 Å². The van der Waals surface area contributed by atoms with E-state index >= 15 is 0 Å². The molecule has 2 aromatic carbocycles. The molecular weight excluding hydrogens is 317 g/mol. The molecule has 0 aliphatic carbocycles. The van der Waals surface area contributed by atoms with Gasteiger partial charge in [-0.15, -0.1) is 0 Å². The van der Waals surface area contributed by atoms with Crippen LogP contribution in [0.25, 0.3) is 0 Å². The third kappa shape index (κ3) is 6.82. The Labute approximate surface area is 125 Å². The van der Waals surface area contributed by atoms with Gasteiger partial charge in [0.05, 0.1) is 0 Å². The number of nitrogens with one attached hydrogen (secondary N) is 1. The Kier molecular flexibility index (Phi) is 8.15. The van der Waals surface area contributed by atoms with Crippen molar-refractivity contribution >= 4 is 24.2 Å². The van der Waals surface area contributed by atoms with Crippen LogP contribution in [0.15, 0.2) is 48.5 Å². The number of hydrogen-bond acceptors (Lipinski definition) is 1. The van der Waals surface area contributed by atoms with Crippen LogP contribution in [0.5, 0.6) is 0 Å². The summed E-state index contributed by atoms with van der Waals surface area (Å²) in [6.07, 6.45) is 0. The second-order valence-electron chi connectivity index (χ2n) is 4.10. The summed E-state index contributed by atoms with van der Waals surface area (Å²) in [5, 5.41) is 3.11. The molecule has 0 fully saturated rings. The fourth-order valence-corrected chi connectivity index (χ4v) is 3.58. The van der Waals surface area contributed by atoms with Crippen LogP contribution in [0.1, 0.15) is 13.8 Å². The van der Waals surface area contributed by atoms with Gasteiger partial charge >= 0.3 is 93.2 Å². The fourth-order valence-electron chi connectivity index (χ4n) is 1.48. The maximum absolute atomic E-state index is 12.6. The molecule has 2 radical (unpaired) electrons. The minimum absolute atomic E-state index is 0.218. The quantitative estimate of drug-likeness (QED) is 0.845. The van der Waals surface area contributed by atoms with E-state index in [-0.39, 0.29) is 11.6 Å². The molecule has 0 bridgehead atoms. The fraction of sp³-hybridized carbons (Fsp3) is 0.250. The number of rotatable bonds is 4. The van der Waals surface area contributed by atoms with Crippen molar-refractivity contribution in [1.82, 2.24) is 5.32 Å². The maximum atomic E-state index is 12.6. The van der Waals surface area contributed by atoms with Crippen LogP contribution in [0.3, 0.4) is 0 Å². The van der Waals surface area contributed by atoms with Gasteiger partial charge in [0, 0.05) is 0 Å². The molecule has 1 N–H and O–H groups in total. The molecule has 0 spiro atoms. The molecule has 0 aromatic heterocycles. The number of benzene rings is 2. The first-order chi connectivity index (χ1) is 9.65. The zero-order valence-corrected chi connectivity index (χ0v) is 13.9. The molecule has 20 heavy (non-hydrogen) atoms. The Hall–Kier alpha value is -1.20. The van der Waals surface area contributed by atoms with Crippen LogP contribution in [0.2, 0.25) is 0 Å². The molecule has 0 amide bonds. The Morgan fingerprint density at radius 3 is 1.35 bits per heavy atom. The van der Waals surface area contributed by atoms with Crippen LogP contribution in [0.4, 0.5) is 8.78 Å². The summed E-state index contributed by atoms with van der Waals surface area (Å²) in [6, 6.07) is 13.0. The first-order valence-corrected chi connectivity index (χ1v) is 8.74. The summed E-state index contributed by atoms with van der Waals surface area (Å²) in [7, 11) is 0. The van der Waals surface area contributed by atoms with E-state index in [9.17, 15) is 8.78 Å². The summed E-state index contributed by atoms with van der Waals surface area (Å²) in [5.41, 5.74) is 0. The van der Waals surface area contributed by atoms with Crippen LogP contribution in [0, 0.1) is 11.6 Å². The van der Waals surface area contributed by atoms with Crippen molar-refractivity contribution in [3.05, 3.63) is 60.2 Å². The summed E-state index contributed by atoms with van der Waals surface area (Å²) >= 11 is -0.470. The third-order valence-electron chi connectivity index (χ3n) is 2.48. The molecule has 2 aromatic rings. The average Bonchev–Trinajstić information content (AvgIpc) is 2.45. The van der Waals surface area contributed by atoms with Gasteiger partial charge in [-0.3, -0.25) is 0 Å². The van der Waals surface area contributed by atoms with Gasteiger partial charge in [0.25, 0.3) is 0 Å². The Bertz CT molecular complexity index is 437. The molecule has 1 nitrogen and oxygen atoms in total. The van der Waals surface area contributed by atoms with E-state index in [0.29, 0.717) is 0 Å². The van der Waals surface area contributed by atoms with E-state index in [1.165, 1.54) is 24.3 Å². The van der Waals surface area contributed by atoms with Crippen LogP contribution in [-0.4, -0.2) is 28.5 Å². The predicted molar refractivity (Wildman–Crippen MR) is 82.0 cm³/mol. The predicted octanol–water partition coefficient (Wildman–Crippen LogP) is 2.24. The first kappa shape index (κ1) is 16.9. The van der Waals surface area contributed by atoms with E-state index in [1.54, 1.807) is 24.3 Å². The average molecular weight is 336 g/mol. The molecule has 0 aliphatic heterocycles. The van der Waals surface area contributed by atoms with Crippen molar-refractivity contribution < 1.29 is 8.78 Å². The molecule has 0 unspecified atom stereocenters. The summed E-state index contributed by atoms with van der Waals surface area (Å²) in [4.78, 5) is 0. The van der Waals surface area contributed by atoms with E-state index in [0.717, 1.165) is 21.9 Å². The van der Waals surface area contributed by atoms with Crippen LogP contribution in [-0.2, 0) is 0 Å². The van der Waals surface area contributed by atoms with Gasteiger partial charge in [-0.05, 0) is 13.1 Å². The summed E-state index contributed by atoms with van der Waals surface area (Å²) < 4.78 is 27.6. The zero-order chi connectivity index (χ0) is 14.8. The summed E-state index contributed by atoms with van der Waals surface area (Å²) in [6.45, 7) is 6.39. The molecule has 0 saturated heterocycles. The molecule has 0 saturated carbocycles. The van der Waals surface area contributed by atoms with Crippen molar-refractivity contribution in [3.8, 4) is 0 Å². The second kappa shape index (κ2) is 9.67. The van der Waals surface area contributed by atoms with E-state index in [1.807, 2.05) is 0 Å². The second-order valence-corrected chi connectivity index (χ2v) is 7.04. The summed E-state index contributed by atoms with van der Waals surface area (Å²) in [5.74, 6) is -0.436. The Morgan fingerprint density at radius 2 is 1.10 bits per heavy atom.